The number of nitrogens with zero attached hydrogens (tertiary/aromatic N) is 3. The summed E-state index contributed by atoms with van der Waals surface area (Å²) in [6, 6.07) is 10.1. The molecule has 2 aromatic carbocycles. The van der Waals surface area contributed by atoms with Crippen LogP contribution in [0.1, 0.15) is 23.8 Å². The van der Waals surface area contributed by atoms with Crippen LogP contribution < -0.4 is 9.47 Å². The Bertz CT molecular complexity index is 1090. The first-order valence-electron chi connectivity index (χ1n) is 9.26. The van der Waals surface area contributed by atoms with Gasteiger partial charge in [-0.15, -0.1) is 0 Å². The van der Waals surface area contributed by atoms with E-state index in [1.807, 2.05) is 18.2 Å². The molecule has 0 N–H and O–H groups in total. The van der Waals surface area contributed by atoms with Crippen molar-refractivity contribution in [3.05, 3.63) is 58.1 Å². The van der Waals surface area contributed by atoms with Crippen LogP contribution in [0, 0.1) is 5.82 Å². The highest BCUT2D eigenvalue weighted by Gasteiger charge is 2.34. The normalized spacial score (nSPS) is 16.2. The maximum absolute atomic E-state index is 13.5. The molecule has 0 saturated carbocycles. The summed E-state index contributed by atoms with van der Waals surface area (Å²) in [5, 5.41) is 3.99. The van der Waals surface area contributed by atoms with Gasteiger partial charge in [-0.2, -0.15) is 4.98 Å². The van der Waals surface area contributed by atoms with Crippen LogP contribution in [0.3, 0.4) is 0 Å². The lowest BCUT2D eigenvalue weighted by atomic mass is 10.1. The van der Waals surface area contributed by atoms with Gasteiger partial charge < -0.3 is 18.9 Å². The zero-order chi connectivity index (χ0) is 21.3. The fourth-order valence-corrected chi connectivity index (χ4v) is 3.82. The van der Waals surface area contributed by atoms with Crippen molar-refractivity contribution in [3.8, 4) is 22.9 Å². The van der Waals surface area contributed by atoms with Crippen LogP contribution in [0.4, 0.5) is 4.39 Å². The average Bonchev–Trinajstić information content (AvgIpc) is 3.37. The predicted molar refractivity (Wildman–Crippen MR) is 110 cm³/mol. The van der Waals surface area contributed by atoms with E-state index in [0.29, 0.717) is 52.8 Å². The lowest BCUT2D eigenvalue weighted by Crippen LogP contribution is -2.24. The van der Waals surface area contributed by atoms with Crippen LogP contribution in [0.2, 0.25) is 0 Å². The SMILES string of the molecule is COc1ccc(CN2CC(c3nc(-c4ccc(F)c(Br)c4)no3)CC2=O)cc1OC. The molecule has 1 atom stereocenters. The van der Waals surface area contributed by atoms with Gasteiger partial charge in [0.05, 0.1) is 24.6 Å². The summed E-state index contributed by atoms with van der Waals surface area (Å²) < 4.78 is 29.8. The summed E-state index contributed by atoms with van der Waals surface area (Å²) in [5.74, 6) is 1.46. The number of hydrogen-bond donors (Lipinski definition) is 0. The summed E-state index contributed by atoms with van der Waals surface area (Å²) in [7, 11) is 3.15. The van der Waals surface area contributed by atoms with E-state index in [1.54, 1.807) is 31.3 Å². The molecular formula is C21H19BrFN3O4. The molecule has 1 fully saturated rings. The van der Waals surface area contributed by atoms with Gasteiger partial charge in [-0.3, -0.25) is 4.79 Å². The Morgan fingerprint density at radius 3 is 2.73 bits per heavy atom. The number of rotatable bonds is 6. The largest absolute Gasteiger partial charge is 0.493 e. The monoisotopic (exact) mass is 475 g/mol. The molecular weight excluding hydrogens is 457 g/mol. The minimum Gasteiger partial charge on any atom is -0.493 e. The second-order valence-electron chi connectivity index (χ2n) is 6.95. The maximum Gasteiger partial charge on any atom is 0.232 e. The van der Waals surface area contributed by atoms with Crippen LogP contribution in [0.5, 0.6) is 11.5 Å². The van der Waals surface area contributed by atoms with Crippen molar-refractivity contribution in [2.24, 2.45) is 0 Å². The molecule has 9 heteroatoms. The van der Waals surface area contributed by atoms with Gasteiger partial charge in [0, 0.05) is 25.1 Å². The zero-order valence-electron chi connectivity index (χ0n) is 16.4. The first-order chi connectivity index (χ1) is 14.5. The molecule has 0 radical (unpaired) electrons. The Labute approximate surface area is 180 Å². The van der Waals surface area contributed by atoms with E-state index in [0.717, 1.165) is 5.56 Å². The van der Waals surface area contributed by atoms with E-state index in [-0.39, 0.29) is 17.6 Å². The Hall–Kier alpha value is -2.94. The topological polar surface area (TPSA) is 77.7 Å². The Morgan fingerprint density at radius 1 is 1.20 bits per heavy atom. The number of carbonyl (C=O) groups is 1. The number of carbonyl (C=O) groups excluding carboxylic acids is 1. The standard InChI is InChI=1S/C21H19BrFN3O4/c1-28-17-6-3-12(7-18(17)29-2)10-26-11-14(9-19(26)27)21-24-20(25-30-21)13-4-5-16(23)15(22)8-13/h3-8,14H,9-11H2,1-2H3. The first kappa shape index (κ1) is 20.3. The third-order valence-electron chi connectivity index (χ3n) is 5.00. The quantitative estimate of drug-likeness (QED) is 0.532. The van der Waals surface area contributed by atoms with Crippen molar-refractivity contribution in [2.45, 2.75) is 18.9 Å². The number of methoxy groups -OCH3 is 2. The van der Waals surface area contributed by atoms with Crippen molar-refractivity contribution in [2.75, 3.05) is 20.8 Å². The van der Waals surface area contributed by atoms with Crippen molar-refractivity contribution in [3.63, 3.8) is 0 Å². The van der Waals surface area contributed by atoms with Crippen molar-refractivity contribution in [1.29, 1.82) is 0 Å². The number of aromatic nitrogens is 2. The summed E-state index contributed by atoms with van der Waals surface area (Å²) in [5.41, 5.74) is 1.56. The van der Waals surface area contributed by atoms with Crippen molar-refractivity contribution in [1.82, 2.24) is 15.0 Å². The lowest BCUT2D eigenvalue weighted by Gasteiger charge is -2.17. The zero-order valence-corrected chi connectivity index (χ0v) is 18.0. The molecule has 1 aliphatic heterocycles. The molecule has 1 saturated heterocycles. The van der Waals surface area contributed by atoms with Gasteiger partial charge in [-0.05, 0) is 51.8 Å². The highest BCUT2D eigenvalue weighted by molar-refractivity contribution is 9.10. The number of benzene rings is 2. The van der Waals surface area contributed by atoms with Gasteiger partial charge in [0.1, 0.15) is 5.82 Å². The number of ether oxygens (including phenoxy) is 2. The highest BCUT2D eigenvalue weighted by Crippen LogP contribution is 2.32. The van der Waals surface area contributed by atoms with E-state index < -0.39 is 0 Å². The third kappa shape index (κ3) is 4.02. The molecule has 156 valence electrons. The number of halogens is 2. The van der Waals surface area contributed by atoms with E-state index in [9.17, 15) is 9.18 Å². The molecule has 2 heterocycles. The number of amides is 1. The van der Waals surface area contributed by atoms with Crippen LogP contribution in [0.25, 0.3) is 11.4 Å². The Morgan fingerprint density at radius 2 is 2.00 bits per heavy atom. The average molecular weight is 476 g/mol. The maximum atomic E-state index is 13.5. The molecule has 1 amide bonds. The van der Waals surface area contributed by atoms with Crippen LogP contribution >= 0.6 is 15.9 Å². The molecule has 7 nitrogen and oxygen atoms in total. The van der Waals surface area contributed by atoms with Gasteiger partial charge in [-0.25, -0.2) is 4.39 Å². The van der Waals surface area contributed by atoms with E-state index in [2.05, 4.69) is 26.1 Å². The molecule has 30 heavy (non-hydrogen) atoms. The first-order valence-corrected chi connectivity index (χ1v) is 10.1. The molecule has 0 aliphatic carbocycles. The van der Waals surface area contributed by atoms with Crippen molar-refractivity contribution >= 4 is 21.8 Å². The fourth-order valence-electron chi connectivity index (χ4n) is 3.44. The number of hydrogen-bond acceptors (Lipinski definition) is 6. The summed E-state index contributed by atoms with van der Waals surface area (Å²) in [4.78, 5) is 18.7. The molecule has 0 bridgehead atoms. The second-order valence-corrected chi connectivity index (χ2v) is 7.80. The molecule has 1 aromatic heterocycles. The third-order valence-corrected chi connectivity index (χ3v) is 5.61. The smallest absolute Gasteiger partial charge is 0.232 e. The minimum atomic E-state index is -0.366. The van der Waals surface area contributed by atoms with E-state index in [4.69, 9.17) is 14.0 Å². The molecule has 1 aliphatic rings. The van der Waals surface area contributed by atoms with Crippen LogP contribution in [-0.4, -0.2) is 41.7 Å². The van der Waals surface area contributed by atoms with E-state index >= 15 is 0 Å². The van der Waals surface area contributed by atoms with Gasteiger partial charge >= 0.3 is 0 Å². The highest BCUT2D eigenvalue weighted by atomic mass is 79.9. The fraction of sp³-hybridized carbons (Fsp3) is 0.286. The Balaban J connectivity index is 1.47. The predicted octanol–water partition coefficient (Wildman–Crippen LogP) is 4.17. The van der Waals surface area contributed by atoms with Crippen molar-refractivity contribution < 1.29 is 23.2 Å². The molecule has 4 rings (SSSR count). The lowest BCUT2D eigenvalue weighted by molar-refractivity contribution is -0.128. The van der Waals surface area contributed by atoms with Crippen LogP contribution in [0.15, 0.2) is 45.4 Å². The van der Waals surface area contributed by atoms with Gasteiger partial charge in [0.25, 0.3) is 0 Å². The Kier molecular flexibility index (Phi) is 5.72. The van der Waals surface area contributed by atoms with E-state index in [1.165, 1.54) is 6.07 Å². The second kappa shape index (κ2) is 8.43. The van der Waals surface area contributed by atoms with Gasteiger partial charge in [-0.1, -0.05) is 11.2 Å². The van der Waals surface area contributed by atoms with Gasteiger partial charge in [0.15, 0.2) is 11.5 Å². The van der Waals surface area contributed by atoms with Crippen LogP contribution in [-0.2, 0) is 11.3 Å². The molecule has 0 spiro atoms. The molecule has 1 unspecified atom stereocenters. The summed E-state index contributed by atoms with van der Waals surface area (Å²) >= 11 is 3.15. The summed E-state index contributed by atoms with van der Waals surface area (Å²) in [6.45, 7) is 0.920. The summed E-state index contributed by atoms with van der Waals surface area (Å²) in [6.07, 6.45) is 0.294. The molecule has 3 aromatic rings. The van der Waals surface area contributed by atoms with Gasteiger partial charge in [0.2, 0.25) is 17.6 Å². The minimum absolute atomic E-state index is 0.0130. The number of likely N-dealkylation sites (tertiary alicyclic amines) is 1.